The van der Waals surface area contributed by atoms with Crippen molar-refractivity contribution in [2.45, 2.75) is 0 Å². The number of hydrogen-bond donors (Lipinski definition) is 0. The Labute approximate surface area is 330 Å². The van der Waals surface area contributed by atoms with Crippen LogP contribution in [-0.4, -0.2) is 4.57 Å². The Hall–Kier alpha value is -7.62. The average molecular weight is 729 g/mol. The van der Waals surface area contributed by atoms with Gasteiger partial charge in [0.25, 0.3) is 0 Å². The fraction of sp³-hybridized carbons (Fsp3) is 0. The van der Waals surface area contributed by atoms with Crippen molar-refractivity contribution >= 4 is 60.8 Å². The Morgan fingerprint density at radius 1 is 0.333 bits per heavy atom. The van der Waals surface area contributed by atoms with Gasteiger partial charge in [0.2, 0.25) is 0 Å². The lowest BCUT2D eigenvalue weighted by atomic mass is 10.0. The molecule has 0 saturated carbocycles. The molecule has 3 heteroatoms. The summed E-state index contributed by atoms with van der Waals surface area (Å²) in [5.74, 6) is 0. The lowest BCUT2D eigenvalue weighted by Crippen LogP contribution is -2.09. The standard InChI is InChI=1S/C54H36N2O/c1-3-12-37(13-4-1)38-22-28-42(29-23-38)55(45-34-35-53-50(36-45)49-19-11-18-46(54(49)57-53)41-14-5-2-6-15-41)43-30-24-39(25-31-43)40-26-32-44(33-27-40)56-51-20-9-7-16-47(51)48-17-8-10-21-52(48)56/h1-36H. The van der Waals surface area contributed by atoms with Gasteiger partial charge in [-0.1, -0.05) is 152 Å². The zero-order valence-electron chi connectivity index (χ0n) is 31.1. The van der Waals surface area contributed by atoms with Gasteiger partial charge in [0, 0.05) is 49.9 Å². The molecular formula is C54H36N2O. The van der Waals surface area contributed by atoms with E-state index in [1.54, 1.807) is 0 Å². The molecule has 0 saturated heterocycles. The van der Waals surface area contributed by atoms with Crippen molar-refractivity contribution in [2.24, 2.45) is 0 Å². The molecule has 0 N–H and O–H groups in total. The maximum Gasteiger partial charge on any atom is 0.143 e. The summed E-state index contributed by atoms with van der Waals surface area (Å²) >= 11 is 0. The predicted octanol–water partition coefficient (Wildman–Crippen LogP) is 15.2. The maximum atomic E-state index is 6.57. The molecule has 0 spiro atoms. The first-order valence-electron chi connectivity index (χ1n) is 19.4. The first-order chi connectivity index (χ1) is 28.3. The van der Waals surface area contributed by atoms with E-state index >= 15 is 0 Å². The molecule has 0 unspecified atom stereocenters. The molecular weight excluding hydrogens is 693 g/mol. The minimum Gasteiger partial charge on any atom is -0.455 e. The molecule has 268 valence electrons. The predicted molar refractivity (Wildman–Crippen MR) is 239 cm³/mol. The van der Waals surface area contributed by atoms with Gasteiger partial charge in [-0.2, -0.15) is 0 Å². The van der Waals surface area contributed by atoms with Crippen molar-refractivity contribution in [3.05, 3.63) is 218 Å². The summed E-state index contributed by atoms with van der Waals surface area (Å²) in [6.45, 7) is 0. The highest BCUT2D eigenvalue weighted by Gasteiger charge is 2.18. The Kier molecular flexibility index (Phi) is 7.82. The summed E-state index contributed by atoms with van der Waals surface area (Å²) < 4.78 is 8.93. The van der Waals surface area contributed by atoms with Gasteiger partial charge >= 0.3 is 0 Å². The van der Waals surface area contributed by atoms with E-state index in [1.807, 2.05) is 6.07 Å². The number of nitrogens with zero attached hydrogens (tertiary/aromatic N) is 2. The molecule has 57 heavy (non-hydrogen) atoms. The molecule has 9 aromatic carbocycles. The largest absolute Gasteiger partial charge is 0.455 e. The first kappa shape index (κ1) is 32.8. The number of furan rings is 1. The van der Waals surface area contributed by atoms with Gasteiger partial charge in [0.1, 0.15) is 11.2 Å². The summed E-state index contributed by atoms with van der Waals surface area (Å²) in [4.78, 5) is 2.34. The molecule has 0 amide bonds. The summed E-state index contributed by atoms with van der Waals surface area (Å²) in [5, 5.41) is 4.73. The van der Waals surface area contributed by atoms with Crippen LogP contribution in [0.3, 0.4) is 0 Å². The lowest BCUT2D eigenvalue weighted by molar-refractivity contribution is 0.670. The van der Waals surface area contributed by atoms with Gasteiger partial charge < -0.3 is 13.9 Å². The summed E-state index contributed by atoms with van der Waals surface area (Å²) in [7, 11) is 0. The van der Waals surface area contributed by atoms with E-state index in [-0.39, 0.29) is 0 Å². The normalized spacial score (nSPS) is 11.5. The quantitative estimate of drug-likeness (QED) is 0.163. The highest BCUT2D eigenvalue weighted by Crippen LogP contribution is 2.42. The summed E-state index contributed by atoms with van der Waals surface area (Å²) in [5.41, 5.74) is 15.5. The van der Waals surface area contributed by atoms with Crippen LogP contribution in [-0.2, 0) is 0 Å². The molecule has 11 aromatic rings. The lowest BCUT2D eigenvalue weighted by Gasteiger charge is -2.26. The second-order valence-electron chi connectivity index (χ2n) is 14.5. The smallest absolute Gasteiger partial charge is 0.143 e. The second-order valence-corrected chi connectivity index (χ2v) is 14.5. The SMILES string of the molecule is c1ccc(-c2ccc(N(c3ccc(-c4ccc(-n5c6ccccc6c6ccccc65)cc4)cc3)c3ccc4oc5c(-c6ccccc6)cccc5c4c3)cc2)cc1. The van der Waals surface area contributed by atoms with Crippen molar-refractivity contribution < 1.29 is 4.42 Å². The van der Waals surface area contributed by atoms with Crippen molar-refractivity contribution in [3.8, 4) is 39.1 Å². The van der Waals surface area contributed by atoms with Crippen LogP contribution < -0.4 is 4.90 Å². The van der Waals surface area contributed by atoms with Crippen molar-refractivity contribution in [1.82, 2.24) is 4.57 Å². The monoisotopic (exact) mass is 728 g/mol. The number of hydrogen-bond acceptors (Lipinski definition) is 2. The van der Waals surface area contributed by atoms with Gasteiger partial charge in [-0.3, -0.25) is 0 Å². The summed E-state index contributed by atoms with van der Waals surface area (Å²) in [6, 6.07) is 78.0. The number of fused-ring (bicyclic) bond motifs is 6. The molecule has 0 aliphatic heterocycles. The highest BCUT2D eigenvalue weighted by molar-refractivity contribution is 6.11. The molecule has 2 heterocycles. The van der Waals surface area contributed by atoms with E-state index in [4.69, 9.17) is 4.42 Å². The summed E-state index contributed by atoms with van der Waals surface area (Å²) in [6.07, 6.45) is 0. The minimum atomic E-state index is 0.871. The Morgan fingerprint density at radius 3 is 1.40 bits per heavy atom. The van der Waals surface area contributed by atoms with Crippen molar-refractivity contribution in [3.63, 3.8) is 0 Å². The zero-order chi connectivity index (χ0) is 37.7. The zero-order valence-corrected chi connectivity index (χ0v) is 31.1. The Balaban J connectivity index is 0.982. The van der Waals surface area contributed by atoms with E-state index in [1.165, 1.54) is 38.5 Å². The van der Waals surface area contributed by atoms with Gasteiger partial charge in [-0.15, -0.1) is 0 Å². The van der Waals surface area contributed by atoms with E-state index in [0.717, 1.165) is 61.4 Å². The van der Waals surface area contributed by atoms with E-state index in [9.17, 15) is 0 Å². The molecule has 0 bridgehead atoms. The third kappa shape index (κ3) is 5.68. The van der Waals surface area contributed by atoms with E-state index < -0.39 is 0 Å². The number of benzene rings is 9. The van der Waals surface area contributed by atoms with Crippen molar-refractivity contribution in [2.75, 3.05) is 4.90 Å². The topological polar surface area (TPSA) is 21.3 Å². The fourth-order valence-electron chi connectivity index (χ4n) is 8.46. The molecule has 0 aliphatic rings. The molecule has 2 aromatic heterocycles. The molecule has 3 nitrogen and oxygen atoms in total. The molecule has 0 radical (unpaired) electrons. The van der Waals surface area contributed by atoms with Crippen LogP contribution in [0.5, 0.6) is 0 Å². The minimum absolute atomic E-state index is 0.871. The van der Waals surface area contributed by atoms with Crippen LogP contribution in [0.2, 0.25) is 0 Å². The van der Waals surface area contributed by atoms with Crippen LogP contribution in [0.4, 0.5) is 17.1 Å². The number of anilines is 3. The molecule has 0 aliphatic carbocycles. The second kappa shape index (κ2) is 13.6. The van der Waals surface area contributed by atoms with Crippen LogP contribution in [0.1, 0.15) is 0 Å². The van der Waals surface area contributed by atoms with Gasteiger partial charge in [-0.25, -0.2) is 0 Å². The fourth-order valence-corrected chi connectivity index (χ4v) is 8.46. The average Bonchev–Trinajstić information content (AvgIpc) is 3.83. The maximum absolute atomic E-state index is 6.57. The number of para-hydroxylation sites is 3. The van der Waals surface area contributed by atoms with Crippen LogP contribution >= 0.6 is 0 Å². The molecule has 11 rings (SSSR count). The third-order valence-corrected chi connectivity index (χ3v) is 11.2. The van der Waals surface area contributed by atoms with Crippen LogP contribution in [0.25, 0.3) is 82.8 Å². The number of rotatable bonds is 7. The molecule has 0 fully saturated rings. The third-order valence-electron chi connectivity index (χ3n) is 11.2. The van der Waals surface area contributed by atoms with Crippen molar-refractivity contribution in [1.29, 1.82) is 0 Å². The van der Waals surface area contributed by atoms with Crippen LogP contribution in [0.15, 0.2) is 223 Å². The van der Waals surface area contributed by atoms with E-state index in [2.05, 4.69) is 222 Å². The van der Waals surface area contributed by atoms with Gasteiger partial charge in [0.15, 0.2) is 0 Å². The van der Waals surface area contributed by atoms with Gasteiger partial charge in [-0.05, 0) is 94.5 Å². The van der Waals surface area contributed by atoms with Crippen LogP contribution in [0, 0.1) is 0 Å². The molecule has 0 atom stereocenters. The number of aromatic nitrogens is 1. The van der Waals surface area contributed by atoms with Gasteiger partial charge in [0.05, 0.1) is 11.0 Å². The first-order valence-corrected chi connectivity index (χ1v) is 19.4. The Bertz CT molecular complexity index is 3140. The Morgan fingerprint density at radius 2 is 0.807 bits per heavy atom. The van der Waals surface area contributed by atoms with E-state index in [0.29, 0.717) is 0 Å². The highest BCUT2D eigenvalue weighted by atomic mass is 16.3.